The number of thioether (sulfide) groups is 1. The van der Waals surface area contributed by atoms with Gasteiger partial charge in [-0.15, -0.1) is 0 Å². The number of alkyl halides is 3. The van der Waals surface area contributed by atoms with E-state index in [9.17, 15) is 27.2 Å². The minimum atomic E-state index is -4.71. The van der Waals surface area contributed by atoms with Gasteiger partial charge in [-0.1, -0.05) is 11.8 Å². The van der Waals surface area contributed by atoms with Crippen molar-refractivity contribution in [3.63, 3.8) is 0 Å². The second-order valence-electron chi connectivity index (χ2n) is 11.2. The SMILES string of the molecule is CCOC(=O)CCN1CCN(c2cnc(C(=O)NC3NC(c4cc(F)cc(C(F)(F)F)c4)=C(CN4CCCC4C)S3)cn2)CC1. The Morgan fingerprint density at radius 3 is 2.53 bits per heavy atom. The van der Waals surface area contributed by atoms with Crippen molar-refractivity contribution in [3.05, 3.63) is 58.1 Å². The van der Waals surface area contributed by atoms with Gasteiger partial charge in [0.25, 0.3) is 5.91 Å². The van der Waals surface area contributed by atoms with Gasteiger partial charge in [0.15, 0.2) is 5.50 Å². The first-order chi connectivity index (χ1) is 21.5. The number of nitrogens with zero attached hydrogens (tertiary/aromatic N) is 5. The molecule has 1 aromatic carbocycles. The number of likely N-dealkylation sites (tertiary alicyclic amines) is 1. The molecule has 2 fully saturated rings. The van der Waals surface area contributed by atoms with Crippen molar-refractivity contribution in [3.8, 4) is 0 Å². The molecular formula is C30H37F4N7O3S. The van der Waals surface area contributed by atoms with Gasteiger partial charge in [0.1, 0.15) is 17.3 Å². The fraction of sp³-hybridized carbons (Fsp3) is 0.533. The first-order valence-corrected chi connectivity index (χ1v) is 15.9. The van der Waals surface area contributed by atoms with Crippen LogP contribution in [0.1, 0.15) is 54.7 Å². The maximum atomic E-state index is 14.3. The molecule has 244 valence electrons. The first-order valence-electron chi connectivity index (χ1n) is 15.0. The third-order valence-corrected chi connectivity index (χ3v) is 9.22. The summed E-state index contributed by atoms with van der Waals surface area (Å²) in [4.78, 5) is 40.7. The van der Waals surface area contributed by atoms with Crippen molar-refractivity contribution in [2.45, 2.75) is 50.8 Å². The number of rotatable bonds is 10. The van der Waals surface area contributed by atoms with Gasteiger partial charge in [-0.25, -0.2) is 14.4 Å². The number of anilines is 1. The lowest BCUT2D eigenvalue weighted by Crippen LogP contribution is -2.47. The second-order valence-corrected chi connectivity index (χ2v) is 12.4. The molecule has 0 saturated carbocycles. The van der Waals surface area contributed by atoms with E-state index in [-0.39, 0.29) is 17.2 Å². The number of halogens is 4. The Labute approximate surface area is 263 Å². The molecule has 45 heavy (non-hydrogen) atoms. The van der Waals surface area contributed by atoms with E-state index < -0.39 is 29.0 Å². The van der Waals surface area contributed by atoms with Crippen LogP contribution in [0.15, 0.2) is 35.5 Å². The van der Waals surface area contributed by atoms with Gasteiger partial charge >= 0.3 is 12.1 Å². The predicted octanol–water partition coefficient (Wildman–Crippen LogP) is 3.91. The minimum absolute atomic E-state index is 0.0681. The first kappa shape index (κ1) is 32.9. The third-order valence-electron chi connectivity index (χ3n) is 8.13. The monoisotopic (exact) mass is 651 g/mol. The van der Waals surface area contributed by atoms with Crippen LogP contribution in [0.5, 0.6) is 0 Å². The molecular weight excluding hydrogens is 614 g/mol. The molecule has 0 aliphatic carbocycles. The summed E-state index contributed by atoms with van der Waals surface area (Å²) in [5.74, 6) is -1.08. The van der Waals surface area contributed by atoms with E-state index in [4.69, 9.17) is 4.74 Å². The van der Waals surface area contributed by atoms with Crippen molar-refractivity contribution in [2.75, 3.05) is 57.3 Å². The fourth-order valence-electron chi connectivity index (χ4n) is 5.66. The Hall–Kier alpha value is -3.43. The number of piperazine rings is 1. The molecule has 1 amide bonds. The van der Waals surface area contributed by atoms with Gasteiger partial charge < -0.3 is 20.3 Å². The van der Waals surface area contributed by atoms with E-state index in [1.54, 1.807) is 6.92 Å². The van der Waals surface area contributed by atoms with Crippen LogP contribution in [0.4, 0.5) is 23.4 Å². The smallest absolute Gasteiger partial charge is 0.416 e. The van der Waals surface area contributed by atoms with Crippen LogP contribution in [-0.2, 0) is 15.7 Å². The summed E-state index contributed by atoms with van der Waals surface area (Å²) in [5.41, 5.74) is -1.27. The summed E-state index contributed by atoms with van der Waals surface area (Å²) < 4.78 is 59.8. The van der Waals surface area contributed by atoms with Gasteiger partial charge in [0.05, 0.1) is 36.7 Å². The highest BCUT2D eigenvalue weighted by molar-refractivity contribution is 8.04. The summed E-state index contributed by atoms with van der Waals surface area (Å²) in [6.07, 6.45) is 0.592. The zero-order chi connectivity index (χ0) is 32.1. The van der Waals surface area contributed by atoms with Crippen molar-refractivity contribution in [2.24, 2.45) is 0 Å². The van der Waals surface area contributed by atoms with Gasteiger partial charge in [-0.05, 0) is 51.4 Å². The van der Waals surface area contributed by atoms with Crippen LogP contribution in [0.2, 0.25) is 0 Å². The molecule has 5 rings (SSSR count). The summed E-state index contributed by atoms with van der Waals surface area (Å²) in [6.45, 7) is 9.05. The lowest BCUT2D eigenvalue weighted by atomic mass is 10.1. The van der Waals surface area contributed by atoms with Gasteiger partial charge in [-0.3, -0.25) is 19.4 Å². The number of aromatic nitrogens is 2. The quantitative estimate of drug-likeness (QED) is 0.291. The van der Waals surface area contributed by atoms with E-state index in [2.05, 4.69) is 42.2 Å². The van der Waals surface area contributed by atoms with Crippen LogP contribution in [0.3, 0.4) is 0 Å². The highest BCUT2D eigenvalue weighted by Gasteiger charge is 2.34. The number of ether oxygens (including phenoxy) is 1. The maximum absolute atomic E-state index is 14.3. The van der Waals surface area contributed by atoms with Crippen LogP contribution < -0.4 is 15.5 Å². The Morgan fingerprint density at radius 2 is 1.89 bits per heavy atom. The topological polar surface area (TPSA) is 103 Å². The number of hydrogen-bond donors (Lipinski definition) is 2. The lowest BCUT2D eigenvalue weighted by molar-refractivity contribution is -0.143. The van der Waals surface area contributed by atoms with E-state index in [1.807, 2.05) is 0 Å². The predicted molar refractivity (Wildman–Crippen MR) is 163 cm³/mol. The number of benzene rings is 1. The highest BCUT2D eigenvalue weighted by Crippen LogP contribution is 2.39. The molecule has 2 saturated heterocycles. The molecule has 15 heteroatoms. The van der Waals surface area contributed by atoms with E-state index in [0.717, 1.165) is 49.5 Å². The number of hydrogen-bond acceptors (Lipinski definition) is 10. The molecule has 0 bridgehead atoms. The van der Waals surface area contributed by atoms with Crippen LogP contribution in [0.25, 0.3) is 5.70 Å². The highest BCUT2D eigenvalue weighted by atomic mass is 32.2. The standard InChI is InChI=1S/C30H37F4N7O3S/c1-3-44-26(42)6-8-39-9-11-40(12-10-39)25-17-35-23(16-36-25)28(43)38-29-37-27(24(45-29)18-41-7-4-5-19(41)2)20-13-21(30(32,33)34)15-22(31)14-20/h13-17,19,29,37H,3-12,18H2,1-2H3,(H,38,43). The van der Waals surface area contributed by atoms with E-state index in [0.29, 0.717) is 62.8 Å². The van der Waals surface area contributed by atoms with Crippen molar-refractivity contribution in [1.29, 1.82) is 0 Å². The Bertz CT molecular complexity index is 1400. The van der Waals surface area contributed by atoms with Gasteiger partial charge in [0.2, 0.25) is 0 Å². The molecule has 0 spiro atoms. The second kappa shape index (κ2) is 14.3. The van der Waals surface area contributed by atoms with Crippen molar-refractivity contribution < 1.29 is 31.9 Å². The zero-order valence-electron chi connectivity index (χ0n) is 25.2. The minimum Gasteiger partial charge on any atom is -0.466 e. The molecule has 2 aromatic rings. The molecule has 3 aliphatic heterocycles. The molecule has 2 atom stereocenters. The molecule has 0 radical (unpaired) electrons. The Balaban J connectivity index is 1.21. The van der Waals surface area contributed by atoms with Gasteiger partial charge in [0, 0.05) is 55.8 Å². The summed E-state index contributed by atoms with van der Waals surface area (Å²) in [6, 6.07) is 2.77. The summed E-state index contributed by atoms with van der Waals surface area (Å²) in [5, 5.41) is 5.94. The largest absolute Gasteiger partial charge is 0.466 e. The third kappa shape index (κ3) is 8.44. The summed E-state index contributed by atoms with van der Waals surface area (Å²) >= 11 is 1.28. The van der Waals surface area contributed by atoms with E-state index >= 15 is 0 Å². The number of nitrogens with one attached hydrogen (secondary N) is 2. The number of carbonyl (C=O) groups is 2. The normalized spacial score (nSPS) is 21.2. The average Bonchev–Trinajstić information content (AvgIpc) is 3.61. The number of carbonyl (C=O) groups excluding carboxylic acids is 2. The lowest BCUT2D eigenvalue weighted by Gasteiger charge is -2.35. The van der Waals surface area contributed by atoms with Crippen LogP contribution in [-0.4, -0.2) is 95.6 Å². The Kier molecular flexibility index (Phi) is 10.5. The molecule has 1 aromatic heterocycles. The van der Waals surface area contributed by atoms with Crippen molar-refractivity contribution >= 4 is 35.2 Å². The van der Waals surface area contributed by atoms with Gasteiger partial charge in [-0.2, -0.15) is 13.2 Å². The fourth-order valence-corrected chi connectivity index (χ4v) is 6.82. The van der Waals surface area contributed by atoms with Crippen LogP contribution >= 0.6 is 11.8 Å². The molecule has 10 nitrogen and oxygen atoms in total. The summed E-state index contributed by atoms with van der Waals surface area (Å²) in [7, 11) is 0. The maximum Gasteiger partial charge on any atom is 0.416 e. The van der Waals surface area contributed by atoms with Crippen LogP contribution in [0, 0.1) is 5.82 Å². The number of amides is 1. The number of esters is 1. The van der Waals surface area contributed by atoms with Crippen molar-refractivity contribution in [1.82, 2.24) is 30.4 Å². The van der Waals surface area contributed by atoms with E-state index in [1.165, 1.54) is 24.2 Å². The molecule has 2 unspecified atom stereocenters. The Morgan fingerprint density at radius 1 is 1.11 bits per heavy atom. The average molecular weight is 652 g/mol. The molecule has 4 heterocycles. The zero-order valence-corrected chi connectivity index (χ0v) is 26.0. The molecule has 2 N–H and O–H groups in total. The molecule has 3 aliphatic rings.